The van der Waals surface area contributed by atoms with Crippen LogP contribution >= 0.6 is 0 Å². The summed E-state index contributed by atoms with van der Waals surface area (Å²) in [6.07, 6.45) is -1.19. The first-order valence-electron chi connectivity index (χ1n) is 15.3. The Kier molecular flexibility index (Phi) is 8.55. The van der Waals surface area contributed by atoms with Crippen molar-refractivity contribution in [1.82, 2.24) is 14.6 Å². The highest BCUT2D eigenvalue weighted by atomic mass is 19.1. The number of hydrogen-bond acceptors (Lipinski definition) is 7. The molecule has 0 radical (unpaired) electrons. The van der Waals surface area contributed by atoms with Crippen molar-refractivity contribution in [3.8, 4) is 45.1 Å². The molecule has 0 spiro atoms. The van der Waals surface area contributed by atoms with Crippen molar-refractivity contribution in [1.29, 1.82) is 0 Å². The van der Waals surface area contributed by atoms with E-state index in [1.807, 2.05) is 51.1 Å². The number of ether oxygens (including phenoxy) is 4. The number of carbonyl (C=O) groups is 1. The van der Waals surface area contributed by atoms with Gasteiger partial charge in [0.1, 0.15) is 36.3 Å². The largest absolute Gasteiger partial charge is 0.488 e. The molecule has 0 saturated carbocycles. The smallest absolute Gasteiger partial charge is 0.340 e. The van der Waals surface area contributed by atoms with E-state index in [4.69, 9.17) is 29.0 Å². The molecule has 3 aromatic carbocycles. The van der Waals surface area contributed by atoms with E-state index in [1.54, 1.807) is 30.5 Å². The molecule has 1 unspecified atom stereocenters. The van der Waals surface area contributed by atoms with Crippen LogP contribution in [0.1, 0.15) is 45.1 Å². The third kappa shape index (κ3) is 6.59. The van der Waals surface area contributed by atoms with E-state index >= 15 is 0 Å². The maximum absolute atomic E-state index is 14.8. The molecule has 0 fully saturated rings. The molecule has 8 nitrogen and oxygen atoms in total. The van der Waals surface area contributed by atoms with Crippen LogP contribution in [0.25, 0.3) is 39.3 Å². The fourth-order valence-corrected chi connectivity index (χ4v) is 5.56. The molecule has 0 saturated heterocycles. The summed E-state index contributed by atoms with van der Waals surface area (Å²) in [7, 11) is 0. The molecular formula is C37H35F2N3O5. The fraction of sp³-hybridized carbons (Fsp3) is 0.270. The molecular weight excluding hydrogens is 604 g/mol. The molecule has 6 rings (SSSR count). The van der Waals surface area contributed by atoms with Gasteiger partial charge >= 0.3 is 5.97 Å². The Labute approximate surface area is 271 Å². The molecule has 1 atom stereocenters. The van der Waals surface area contributed by atoms with E-state index in [0.29, 0.717) is 50.7 Å². The summed E-state index contributed by atoms with van der Waals surface area (Å²) in [5, 5.41) is 4.98. The van der Waals surface area contributed by atoms with Crippen LogP contribution in [0.2, 0.25) is 0 Å². The SMILES string of the molecule is C=C1COc2cc(F)ccc2-c2cccc(c2)-c2cc3nc(C)c(C(OC(C)(C)C)C(=O)OCC)c(n3n2)-c2ccc(F)cc2OC1. The Morgan fingerprint density at radius 1 is 0.957 bits per heavy atom. The van der Waals surface area contributed by atoms with Crippen molar-refractivity contribution in [3.05, 3.63) is 102 Å². The highest BCUT2D eigenvalue weighted by molar-refractivity contribution is 5.84. The zero-order valence-corrected chi connectivity index (χ0v) is 26.9. The molecule has 0 amide bonds. The van der Waals surface area contributed by atoms with Gasteiger partial charge in [-0.15, -0.1) is 0 Å². The van der Waals surface area contributed by atoms with Crippen LogP contribution in [0.15, 0.2) is 78.9 Å². The predicted octanol–water partition coefficient (Wildman–Crippen LogP) is 8.06. The van der Waals surface area contributed by atoms with Crippen LogP contribution in [-0.4, -0.2) is 46.0 Å². The monoisotopic (exact) mass is 639 g/mol. The van der Waals surface area contributed by atoms with Gasteiger partial charge in [0.2, 0.25) is 0 Å². The summed E-state index contributed by atoms with van der Waals surface area (Å²) in [5.74, 6) is -1.05. The van der Waals surface area contributed by atoms with E-state index in [1.165, 1.54) is 24.3 Å². The Bertz CT molecular complexity index is 2010. The standard InChI is InChI=1S/C37H35F2N3O5/c1-7-44-36(43)35(47-37(4,5)6)33-22(3)40-32-18-29-24-10-8-9-23(15-24)27-13-11-25(38)16-30(27)45-19-21(2)20-46-31-17-26(39)12-14-28(31)34(33)42(32)41-29/h8-18,35H,2,7,19-20H2,1,3-6H3. The minimum atomic E-state index is -1.19. The quantitative estimate of drug-likeness (QED) is 0.145. The molecule has 47 heavy (non-hydrogen) atoms. The van der Waals surface area contributed by atoms with Gasteiger partial charge in [0.15, 0.2) is 11.8 Å². The van der Waals surface area contributed by atoms with Gasteiger partial charge in [0, 0.05) is 46.1 Å². The van der Waals surface area contributed by atoms with Gasteiger partial charge in [0.05, 0.1) is 23.6 Å². The minimum absolute atomic E-state index is 0.0232. The van der Waals surface area contributed by atoms with Gasteiger partial charge in [-0.1, -0.05) is 24.8 Å². The highest BCUT2D eigenvalue weighted by Gasteiger charge is 2.35. The summed E-state index contributed by atoms with van der Waals surface area (Å²) >= 11 is 0. The zero-order valence-electron chi connectivity index (χ0n) is 26.9. The predicted molar refractivity (Wildman–Crippen MR) is 174 cm³/mol. The average molecular weight is 640 g/mol. The Morgan fingerprint density at radius 2 is 1.60 bits per heavy atom. The van der Waals surface area contributed by atoms with Gasteiger partial charge in [-0.25, -0.2) is 23.1 Å². The van der Waals surface area contributed by atoms with Gasteiger partial charge in [0.25, 0.3) is 0 Å². The Balaban J connectivity index is 1.67. The van der Waals surface area contributed by atoms with Crippen LogP contribution in [0, 0.1) is 18.6 Å². The minimum Gasteiger partial charge on any atom is -0.488 e. The number of benzene rings is 3. The molecule has 2 aromatic heterocycles. The van der Waals surface area contributed by atoms with Crippen LogP contribution in [0.4, 0.5) is 8.78 Å². The summed E-state index contributed by atoms with van der Waals surface area (Å²) < 4.78 is 54.9. The van der Waals surface area contributed by atoms with Crippen molar-refractivity contribution in [2.24, 2.45) is 0 Å². The highest BCUT2D eigenvalue weighted by Crippen LogP contribution is 2.41. The fourth-order valence-electron chi connectivity index (χ4n) is 5.56. The van der Waals surface area contributed by atoms with Crippen LogP contribution in [0.3, 0.4) is 0 Å². The summed E-state index contributed by atoms with van der Waals surface area (Å²) in [6.45, 7) is 13.2. The Morgan fingerprint density at radius 3 is 2.26 bits per heavy atom. The first kappa shape index (κ1) is 31.9. The first-order valence-corrected chi connectivity index (χ1v) is 15.3. The number of halogens is 2. The number of aryl methyl sites for hydroxylation is 1. The van der Waals surface area contributed by atoms with Gasteiger partial charge in [-0.05, 0) is 76.1 Å². The summed E-state index contributed by atoms with van der Waals surface area (Å²) in [5.41, 5.74) is 4.84. The lowest BCUT2D eigenvalue weighted by molar-refractivity contribution is -0.166. The normalized spacial score (nSPS) is 13.8. The number of hydrogen-bond donors (Lipinski definition) is 0. The molecule has 0 aliphatic carbocycles. The lowest BCUT2D eigenvalue weighted by Crippen LogP contribution is -2.30. The molecule has 3 heterocycles. The lowest BCUT2D eigenvalue weighted by Gasteiger charge is -2.29. The third-order valence-electron chi connectivity index (χ3n) is 7.54. The number of aromatic nitrogens is 3. The molecule has 5 aromatic rings. The number of fused-ring (bicyclic) bond motifs is 8. The molecule has 0 N–H and O–H groups in total. The maximum atomic E-state index is 14.8. The van der Waals surface area contributed by atoms with E-state index in [-0.39, 0.29) is 25.6 Å². The summed E-state index contributed by atoms with van der Waals surface area (Å²) in [6, 6.07) is 18.0. The van der Waals surface area contributed by atoms with Gasteiger partial charge in [-0.2, -0.15) is 5.10 Å². The number of esters is 1. The Hall–Kier alpha value is -5.09. The van der Waals surface area contributed by atoms with Crippen molar-refractivity contribution < 1.29 is 32.5 Å². The maximum Gasteiger partial charge on any atom is 0.340 e. The van der Waals surface area contributed by atoms with Crippen molar-refractivity contribution in [2.75, 3.05) is 19.8 Å². The van der Waals surface area contributed by atoms with E-state index in [9.17, 15) is 13.6 Å². The van der Waals surface area contributed by atoms with E-state index < -0.39 is 29.3 Å². The van der Waals surface area contributed by atoms with E-state index in [0.717, 1.165) is 11.1 Å². The van der Waals surface area contributed by atoms with E-state index in [2.05, 4.69) is 6.58 Å². The van der Waals surface area contributed by atoms with Crippen molar-refractivity contribution in [2.45, 2.75) is 46.3 Å². The first-order chi connectivity index (χ1) is 22.4. The van der Waals surface area contributed by atoms with Crippen LogP contribution in [0.5, 0.6) is 11.5 Å². The molecule has 1 aliphatic rings. The van der Waals surface area contributed by atoms with Gasteiger partial charge < -0.3 is 18.9 Å². The second kappa shape index (κ2) is 12.6. The lowest BCUT2D eigenvalue weighted by atomic mass is 9.98. The third-order valence-corrected chi connectivity index (χ3v) is 7.54. The molecule has 1 aliphatic heterocycles. The number of rotatable bonds is 4. The average Bonchev–Trinajstić information content (AvgIpc) is 3.44. The van der Waals surface area contributed by atoms with Gasteiger partial charge in [-0.3, -0.25) is 0 Å². The molecule has 10 heteroatoms. The number of carbonyl (C=O) groups excluding carboxylic acids is 1. The van der Waals surface area contributed by atoms with Crippen molar-refractivity contribution in [3.63, 3.8) is 0 Å². The topological polar surface area (TPSA) is 84.2 Å². The van der Waals surface area contributed by atoms with Crippen molar-refractivity contribution >= 4 is 11.6 Å². The number of nitrogens with zero attached hydrogens (tertiary/aromatic N) is 3. The second-order valence-corrected chi connectivity index (χ2v) is 12.3. The van der Waals surface area contributed by atoms with Crippen LogP contribution < -0.4 is 9.47 Å². The molecule has 4 bridgehead atoms. The van der Waals surface area contributed by atoms with Crippen LogP contribution in [-0.2, 0) is 14.3 Å². The molecule has 242 valence electrons. The summed E-state index contributed by atoms with van der Waals surface area (Å²) in [4.78, 5) is 18.4. The zero-order chi connectivity index (χ0) is 33.5. The second-order valence-electron chi connectivity index (χ2n) is 12.3.